The highest BCUT2D eigenvalue weighted by atomic mass is 32.1. The van der Waals surface area contributed by atoms with Crippen LogP contribution in [0.15, 0.2) is 66.3 Å². The Balaban J connectivity index is 1.42. The molecule has 33 heavy (non-hydrogen) atoms. The van der Waals surface area contributed by atoms with E-state index in [9.17, 15) is 4.39 Å². The van der Waals surface area contributed by atoms with Crippen LogP contribution < -0.4 is 5.32 Å². The molecule has 5 aromatic rings. The first-order valence-corrected chi connectivity index (χ1v) is 11.5. The zero-order chi connectivity index (χ0) is 22.9. The van der Waals surface area contributed by atoms with Crippen LogP contribution in [-0.4, -0.2) is 19.9 Å². The standard InChI is InChI=1S/C26H22FN5S/c1-15-9-21(13-28-26(15)27)19-6-4-5-18(10-19)16(2)30-25-12-23(31-17(3)32-25)20-7-8-22-24(11-20)33-14-29-22/h4-14,16H,1-3H3,(H,30,31,32)/t16-/m0/s1. The van der Waals surface area contributed by atoms with Crippen molar-refractivity contribution in [2.75, 3.05) is 5.32 Å². The Morgan fingerprint density at radius 3 is 2.64 bits per heavy atom. The van der Waals surface area contributed by atoms with E-state index in [2.05, 4.69) is 50.4 Å². The predicted molar refractivity (Wildman–Crippen MR) is 132 cm³/mol. The summed E-state index contributed by atoms with van der Waals surface area (Å²) in [7, 11) is 0. The van der Waals surface area contributed by atoms with E-state index >= 15 is 0 Å². The summed E-state index contributed by atoms with van der Waals surface area (Å²) in [5.41, 5.74) is 8.26. The van der Waals surface area contributed by atoms with Crippen LogP contribution in [0.2, 0.25) is 0 Å². The number of nitrogens with zero attached hydrogens (tertiary/aromatic N) is 4. The SMILES string of the molecule is Cc1nc(N[C@@H](C)c2cccc(-c3cnc(F)c(C)c3)c2)cc(-c2ccc3ncsc3c2)n1. The van der Waals surface area contributed by atoms with E-state index in [4.69, 9.17) is 0 Å². The number of aryl methyl sites for hydroxylation is 2. The van der Waals surface area contributed by atoms with Gasteiger partial charge in [-0.05, 0) is 56.2 Å². The average molecular weight is 456 g/mol. The molecule has 0 spiro atoms. The maximum atomic E-state index is 13.6. The largest absolute Gasteiger partial charge is 0.363 e. The van der Waals surface area contributed by atoms with Gasteiger partial charge in [0, 0.05) is 35.0 Å². The number of benzene rings is 2. The highest BCUT2D eigenvalue weighted by Crippen LogP contribution is 2.29. The first-order valence-electron chi connectivity index (χ1n) is 10.6. The number of thiazole rings is 1. The van der Waals surface area contributed by atoms with Crippen molar-refractivity contribution in [3.8, 4) is 22.4 Å². The van der Waals surface area contributed by atoms with Crippen LogP contribution in [0.3, 0.4) is 0 Å². The number of halogens is 1. The number of rotatable bonds is 5. The van der Waals surface area contributed by atoms with Gasteiger partial charge in [-0.2, -0.15) is 4.39 Å². The molecule has 0 amide bonds. The van der Waals surface area contributed by atoms with Crippen molar-refractivity contribution in [3.63, 3.8) is 0 Å². The molecule has 0 radical (unpaired) electrons. The summed E-state index contributed by atoms with van der Waals surface area (Å²) in [6, 6.07) is 18.1. The number of nitrogens with one attached hydrogen (secondary N) is 1. The lowest BCUT2D eigenvalue weighted by atomic mass is 10.0. The van der Waals surface area contributed by atoms with E-state index < -0.39 is 5.95 Å². The first-order chi connectivity index (χ1) is 16.0. The minimum absolute atomic E-state index is 0.00517. The molecule has 3 heterocycles. The molecule has 0 unspecified atom stereocenters. The van der Waals surface area contributed by atoms with Crippen LogP contribution >= 0.6 is 11.3 Å². The third kappa shape index (κ3) is 4.45. The molecule has 3 aromatic heterocycles. The Morgan fingerprint density at radius 2 is 1.79 bits per heavy atom. The topological polar surface area (TPSA) is 63.6 Å². The van der Waals surface area contributed by atoms with Crippen molar-refractivity contribution < 1.29 is 4.39 Å². The minimum Gasteiger partial charge on any atom is -0.363 e. The molecule has 164 valence electrons. The van der Waals surface area contributed by atoms with Crippen molar-refractivity contribution in [2.24, 2.45) is 0 Å². The van der Waals surface area contributed by atoms with Gasteiger partial charge in [-0.15, -0.1) is 11.3 Å². The Hall–Kier alpha value is -3.71. The predicted octanol–water partition coefficient (Wildman–Crippen LogP) is 6.74. The van der Waals surface area contributed by atoms with Crippen molar-refractivity contribution >= 4 is 27.4 Å². The van der Waals surface area contributed by atoms with Crippen LogP contribution in [0.25, 0.3) is 32.6 Å². The van der Waals surface area contributed by atoms with Gasteiger partial charge in [0.05, 0.1) is 21.4 Å². The summed E-state index contributed by atoms with van der Waals surface area (Å²) in [6.45, 7) is 5.71. The molecule has 0 saturated heterocycles. The fourth-order valence-electron chi connectivity index (χ4n) is 3.81. The molecular formula is C26H22FN5S. The molecule has 0 aliphatic heterocycles. The lowest BCUT2D eigenvalue weighted by molar-refractivity contribution is 0.575. The molecule has 0 fully saturated rings. The molecule has 0 saturated carbocycles. The second kappa shape index (κ2) is 8.67. The number of hydrogen-bond donors (Lipinski definition) is 1. The normalized spacial score (nSPS) is 12.1. The van der Waals surface area contributed by atoms with Crippen LogP contribution in [-0.2, 0) is 0 Å². The van der Waals surface area contributed by atoms with Crippen LogP contribution in [0, 0.1) is 19.8 Å². The quantitative estimate of drug-likeness (QED) is 0.297. The van der Waals surface area contributed by atoms with E-state index in [1.165, 1.54) is 0 Å². The lowest BCUT2D eigenvalue weighted by Crippen LogP contribution is -2.09. The van der Waals surface area contributed by atoms with Gasteiger partial charge in [-0.3, -0.25) is 0 Å². The fourth-order valence-corrected chi connectivity index (χ4v) is 4.53. The zero-order valence-electron chi connectivity index (χ0n) is 18.5. The van der Waals surface area contributed by atoms with Gasteiger partial charge in [0.1, 0.15) is 11.6 Å². The molecule has 0 bridgehead atoms. The Kier molecular flexibility index (Phi) is 5.56. The van der Waals surface area contributed by atoms with Crippen molar-refractivity contribution in [2.45, 2.75) is 26.8 Å². The highest BCUT2D eigenvalue weighted by molar-refractivity contribution is 7.16. The van der Waals surface area contributed by atoms with E-state index in [1.807, 2.05) is 48.8 Å². The molecule has 1 atom stereocenters. The third-order valence-corrected chi connectivity index (χ3v) is 6.36. The number of anilines is 1. The molecule has 5 nitrogen and oxygen atoms in total. The number of aromatic nitrogens is 4. The Morgan fingerprint density at radius 1 is 0.909 bits per heavy atom. The second-order valence-electron chi connectivity index (χ2n) is 8.04. The van der Waals surface area contributed by atoms with E-state index in [1.54, 1.807) is 24.5 Å². The molecule has 2 aromatic carbocycles. The molecule has 0 aliphatic carbocycles. The first kappa shape index (κ1) is 21.2. The summed E-state index contributed by atoms with van der Waals surface area (Å²) in [6.07, 6.45) is 1.57. The Bertz CT molecular complexity index is 1460. The number of pyridine rings is 1. The molecular weight excluding hydrogens is 433 g/mol. The molecule has 1 N–H and O–H groups in total. The third-order valence-electron chi connectivity index (χ3n) is 5.56. The summed E-state index contributed by atoms with van der Waals surface area (Å²) in [4.78, 5) is 17.4. The number of fused-ring (bicyclic) bond motifs is 1. The smallest absolute Gasteiger partial charge is 0.215 e. The summed E-state index contributed by atoms with van der Waals surface area (Å²) in [5.74, 6) is 1.03. The van der Waals surface area contributed by atoms with Crippen molar-refractivity contribution in [3.05, 3.63) is 89.2 Å². The minimum atomic E-state index is -0.436. The summed E-state index contributed by atoms with van der Waals surface area (Å²) < 4.78 is 14.7. The van der Waals surface area contributed by atoms with Gasteiger partial charge >= 0.3 is 0 Å². The van der Waals surface area contributed by atoms with Gasteiger partial charge in [0.25, 0.3) is 0 Å². The van der Waals surface area contributed by atoms with E-state index in [0.717, 1.165) is 44.0 Å². The van der Waals surface area contributed by atoms with Crippen LogP contribution in [0.4, 0.5) is 10.2 Å². The van der Waals surface area contributed by atoms with Gasteiger partial charge in [-0.25, -0.2) is 19.9 Å². The van der Waals surface area contributed by atoms with Crippen molar-refractivity contribution in [1.29, 1.82) is 0 Å². The van der Waals surface area contributed by atoms with Gasteiger partial charge in [-0.1, -0.05) is 24.3 Å². The van der Waals surface area contributed by atoms with Crippen molar-refractivity contribution in [1.82, 2.24) is 19.9 Å². The van der Waals surface area contributed by atoms with Crippen LogP contribution in [0.5, 0.6) is 0 Å². The zero-order valence-corrected chi connectivity index (χ0v) is 19.3. The van der Waals surface area contributed by atoms with Crippen LogP contribution in [0.1, 0.15) is 29.9 Å². The maximum Gasteiger partial charge on any atom is 0.215 e. The maximum absolute atomic E-state index is 13.6. The lowest BCUT2D eigenvalue weighted by Gasteiger charge is -2.17. The summed E-state index contributed by atoms with van der Waals surface area (Å²) >= 11 is 1.62. The number of hydrogen-bond acceptors (Lipinski definition) is 6. The van der Waals surface area contributed by atoms with E-state index in [-0.39, 0.29) is 6.04 Å². The van der Waals surface area contributed by atoms with Gasteiger partial charge in [0.15, 0.2) is 0 Å². The summed E-state index contributed by atoms with van der Waals surface area (Å²) in [5, 5.41) is 3.50. The molecule has 0 aliphatic rings. The monoisotopic (exact) mass is 455 g/mol. The highest BCUT2D eigenvalue weighted by Gasteiger charge is 2.12. The van der Waals surface area contributed by atoms with Gasteiger partial charge < -0.3 is 5.32 Å². The molecule has 5 rings (SSSR count). The second-order valence-corrected chi connectivity index (χ2v) is 8.93. The molecule has 7 heteroatoms. The van der Waals surface area contributed by atoms with E-state index in [0.29, 0.717) is 11.4 Å². The average Bonchev–Trinajstić information content (AvgIpc) is 3.28. The Labute approximate surface area is 195 Å². The fraction of sp³-hybridized carbons (Fsp3) is 0.154. The van der Waals surface area contributed by atoms with Gasteiger partial charge in [0.2, 0.25) is 5.95 Å².